The van der Waals surface area contributed by atoms with Crippen LogP contribution in [0.5, 0.6) is 11.5 Å². The van der Waals surface area contributed by atoms with Crippen LogP contribution in [-0.2, 0) is 11.2 Å². The Morgan fingerprint density at radius 3 is 1.89 bits per heavy atom. The summed E-state index contributed by atoms with van der Waals surface area (Å²) >= 11 is 0. The lowest BCUT2D eigenvalue weighted by Gasteiger charge is -2.20. The van der Waals surface area contributed by atoms with E-state index < -0.39 is 0 Å². The van der Waals surface area contributed by atoms with Crippen LogP contribution in [0.2, 0.25) is 0 Å². The largest absolute Gasteiger partial charge is 0.496 e. The highest BCUT2D eigenvalue weighted by molar-refractivity contribution is 5.76. The first kappa shape index (κ1) is 14.6. The van der Waals surface area contributed by atoms with Crippen molar-refractivity contribution >= 4 is 5.78 Å². The molecule has 1 aromatic rings. The van der Waals surface area contributed by atoms with Crippen molar-refractivity contribution in [2.24, 2.45) is 0 Å². The zero-order valence-corrected chi connectivity index (χ0v) is 12.1. The highest BCUT2D eigenvalue weighted by Gasteiger charge is 2.18. The van der Waals surface area contributed by atoms with Gasteiger partial charge in [-0.15, -0.1) is 0 Å². The van der Waals surface area contributed by atoms with Crippen molar-refractivity contribution in [1.82, 2.24) is 0 Å². The lowest BCUT2D eigenvalue weighted by Crippen LogP contribution is -2.05. The molecular weight excluding hydrogens is 228 g/mol. The van der Waals surface area contributed by atoms with Gasteiger partial charge in [0, 0.05) is 12.0 Å². The summed E-state index contributed by atoms with van der Waals surface area (Å²) in [6.07, 6.45) is 1.23. The molecule has 0 saturated carbocycles. The molecule has 0 saturated heterocycles. The fraction of sp³-hybridized carbons (Fsp3) is 0.533. The van der Waals surface area contributed by atoms with E-state index in [4.69, 9.17) is 9.47 Å². The third-order valence-electron chi connectivity index (χ3n) is 3.45. The summed E-state index contributed by atoms with van der Waals surface area (Å²) in [5, 5.41) is 0. The normalized spacial score (nSPS) is 10.3. The lowest BCUT2D eigenvalue weighted by atomic mass is 9.94. The Bertz CT molecular complexity index is 462. The number of carbonyl (C=O) groups is 1. The van der Waals surface area contributed by atoms with E-state index in [1.807, 2.05) is 20.8 Å². The maximum atomic E-state index is 11.2. The molecule has 0 bridgehead atoms. The molecule has 0 unspecified atom stereocenters. The van der Waals surface area contributed by atoms with Gasteiger partial charge in [-0.25, -0.2) is 0 Å². The van der Waals surface area contributed by atoms with Crippen molar-refractivity contribution in [2.75, 3.05) is 14.2 Å². The van der Waals surface area contributed by atoms with Gasteiger partial charge in [-0.1, -0.05) is 0 Å². The molecule has 18 heavy (non-hydrogen) atoms. The number of ether oxygens (including phenoxy) is 2. The minimum atomic E-state index is 0.189. The zero-order chi connectivity index (χ0) is 13.9. The van der Waals surface area contributed by atoms with Gasteiger partial charge >= 0.3 is 0 Å². The van der Waals surface area contributed by atoms with E-state index in [0.717, 1.165) is 33.8 Å². The van der Waals surface area contributed by atoms with Crippen molar-refractivity contribution in [3.8, 4) is 11.5 Å². The topological polar surface area (TPSA) is 35.5 Å². The van der Waals surface area contributed by atoms with Gasteiger partial charge in [0.05, 0.1) is 14.2 Å². The molecule has 0 atom stereocenters. The Hall–Kier alpha value is -1.51. The Labute approximate surface area is 109 Å². The molecule has 0 heterocycles. The average molecular weight is 250 g/mol. The maximum Gasteiger partial charge on any atom is 0.130 e. The van der Waals surface area contributed by atoms with Crippen molar-refractivity contribution in [3.63, 3.8) is 0 Å². The maximum absolute atomic E-state index is 11.2. The number of rotatable bonds is 5. The van der Waals surface area contributed by atoms with Crippen LogP contribution < -0.4 is 9.47 Å². The van der Waals surface area contributed by atoms with Crippen molar-refractivity contribution < 1.29 is 14.3 Å². The quantitative estimate of drug-likeness (QED) is 0.805. The molecule has 0 aliphatic rings. The first-order valence-corrected chi connectivity index (χ1v) is 6.14. The predicted molar refractivity (Wildman–Crippen MR) is 72.8 cm³/mol. The molecule has 1 rings (SSSR count). The Balaban J connectivity index is 3.37. The first-order valence-electron chi connectivity index (χ1n) is 6.14. The Morgan fingerprint density at radius 2 is 1.44 bits per heavy atom. The van der Waals surface area contributed by atoms with Crippen LogP contribution in [0.25, 0.3) is 0 Å². The highest BCUT2D eigenvalue weighted by atomic mass is 16.5. The van der Waals surface area contributed by atoms with Gasteiger partial charge in [0.1, 0.15) is 17.3 Å². The van der Waals surface area contributed by atoms with E-state index in [9.17, 15) is 4.79 Å². The average Bonchev–Trinajstić information content (AvgIpc) is 2.32. The van der Waals surface area contributed by atoms with E-state index in [2.05, 4.69) is 0 Å². The molecule has 0 aliphatic heterocycles. The van der Waals surface area contributed by atoms with Crippen LogP contribution in [0.4, 0.5) is 0 Å². The summed E-state index contributed by atoms with van der Waals surface area (Å²) in [5.74, 6) is 1.97. The fourth-order valence-electron chi connectivity index (χ4n) is 2.34. The molecule has 0 aromatic heterocycles. The van der Waals surface area contributed by atoms with Crippen LogP contribution in [0.3, 0.4) is 0 Å². The number of hydrogen-bond acceptors (Lipinski definition) is 3. The van der Waals surface area contributed by atoms with Crippen LogP contribution >= 0.6 is 0 Å². The fourth-order valence-corrected chi connectivity index (χ4v) is 2.34. The smallest absolute Gasteiger partial charge is 0.130 e. The van der Waals surface area contributed by atoms with Crippen LogP contribution in [0, 0.1) is 20.8 Å². The summed E-state index contributed by atoms with van der Waals surface area (Å²) in [5.41, 5.74) is 4.32. The minimum absolute atomic E-state index is 0.189. The molecule has 0 fully saturated rings. The van der Waals surface area contributed by atoms with E-state index >= 15 is 0 Å². The number of ketones is 1. The van der Waals surface area contributed by atoms with Gasteiger partial charge in [-0.3, -0.25) is 0 Å². The van der Waals surface area contributed by atoms with E-state index in [1.54, 1.807) is 21.1 Å². The summed E-state index contributed by atoms with van der Waals surface area (Å²) in [7, 11) is 3.35. The monoisotopic (exact) mass is 250 g/mol. The van der Waals surface area contributed by atoms with Crippen LogP contribution in [0.15, 0.2) is 0 Å². The Morgan fingerprint density at radius 1 is 0.944 bits per heavy atom. The minimum Gasteiger partial charge on any atom is -0.496 e. The van der Waals surface area contributed by atoms with Gasteiger partial charge in [0.2, 0.25) is 0 Å². The molecule has 100 valence electrons. The molecular formula is C15H22O3. The van der Waals surface area contributed by atoms with Gasteiger partial charge in [0.25, 0.3) is 0 Å². The Kier molecular flexibility index (Phi) is 4.76. The molecule has 3 heteroatoms. The molecule has 0 radical (unpaired) electrons. The summed E-state index contributed by atoms with van der Waals surface area (Å²) in [6.45, 7) is 7.68. The van der Waals surface area contributed by atoms with E-state index in [1.165, 1.54) is 0 Å². The number of carbonyl (C=O) groups excluding carboxylic acids is 1. The standard InChI is InChI=1S/C15H22O3/c1-9(16)7-8-13-12(4)14(17-5)10(2)11(3)15(13)18-6/h7-8H2,1-6H3. The second-order valence-electron chi connectivity index (χ2n) is 4.62. The zero-order valence-electron chi connectivity index (χ0n) is 12.1. The highest BCUT2D eigenvalue weighted by Crippen LogP contribution is 2.38. The predicted octanol–water partition coefficient (Wildman–Crippen LogP) is 3.15. The van der Waals surface area contributed by atoms with Gasteiger partial charge in [-0.05, 0) is 50.8 Å². The molecule has 3 nitrogen and oxygen atoms in total. The van der Waals surface area contributed by atoms with Crippen LogP contribution in [-0.4, -0.2) is 20.0 Å². The number of Topliss-reactive ketones (excluding diaryl/α,β-unsaturated/α-hetero) is 1. The number of benzene rings is 1. The van der Waals surface area contributed by atoms with Gasteiger partial charge < -0.3 is 14.3 Å². The van der Waals surface area contributed by atoms with Gasteiger partial charge in [0.15, 0.2) is 0 Å². The SMILES string of the molecule is COc1c(C)c(C)c(OC)c(CCC(C)=O)c1C. The first-order chi connectivity index (χ1) is 8.43. The summed E-state index contributed by atoms with van der Waals surface area (Å²) in [4.78, 5) is 11.2. The van der Waals surface area contributed by atoms with Crippen LogP contribution in [0.1, 0.15) is 35.6 Å². The molecule has 0 N–H and O–H groups in total. The van der Waals surface area contributed by atoms with Crippen molar-refractivity contribution in [2.45, 2.75) is 40.5 Å². The summed E-state index contributed by atoms with van der Waals surface area (Å²) in [6, 6.07) is 0. The van der Waals surface area contributed by atoms with Crippen molar-refractivity contribution in [3.05, 3.63) is 22.3 Å². The van der Waals surface area contributed by atoms with E-state index in [0.29, 0.717) is 12.8 Å². The van der Waals surface area contributed by atoms with Gasteiger partial charge in [-0.2, -0.15) is 0 Å². The van der Waals surface area contributed by atoms with Crippen molar-refractivity contribution in [1.29, 1.82) is 0 Å². The number of hydrogen-bond donors (Lipinski definition) is 0. The lowest BCUT2D eigenvalue weighted by molar-refractivity contribution is -0.116. The second kappa shape index (κ2) is 5.89. The third kappa shape index (κ3) is 2.66. The number of methoxy groups -OCH3 is 2. The summed E-state index contributed by atoms with van der Waals surface area (Å²) < 4.78 is 11.0. The second-order valence-corrected chi connectivity index (χ2v) is 4.62. The van der Waals surface area contributed by atoms with E-state index in [-0.39, 0.29) is 5.78 Å². The third-order valence-corrected chi connectivity index (χ3v) is 3.45. The molecule has 0 aliphatic carbocycles. The molecule has 0 amide bonds. The molecule has 1 aromatic carbocycles. The molecule has 0 spiro atoms.